The Morgan fingerprint density at radius 3 is 1.52 bits per heavy atom. The number of primary amides is 1. The van der Waals surface area contributed by atoms with Gasteiger partial charge in [0.15, 0.2) is 5.78 Å². The van der Waals surface area contributed by atoms with Crippen molar-refractivity contribution in [1.82, 2.24) is 16.0 Å². The van der Waals surface area contributed by atoms with Crippen LogP contribution in [0.15, 0.2) is 0 Å². The minimum atomic E-state index is -0.948. The molecule has 3 amide bonds. The second-order valence-corrected chi connectivity index (χ2v) is 16.0. The van der Waals surface area contributed by atoms with Crippen molar-refractivity contribution < 1.29 is 62.7 Å². The Balaban J connectivity index is 0. The number of Topliss-reactive ketones (excluding diaryl/α,β-unsaturated/α-hetero) is 2. The maximum Gasteiger partial charge on any atom is 0.326 e. The highest BCUT2D eigenvalue weighted by Gasteiger charge is 2.18. The van der Waals surface area contributed by atoms with Crippen LogP contribution in [0.5, 0.6) is 0 Å². The maximum atomic E-state index is 11.8. The Bertz CT molecular complexity index is 1190. The summed E-state index contributed by atoms with van der Waals surface area (Å²) >= 11 is 0. The number of rotatable bonds is 46. The first-order chi connectivity index (χ1) is 30.3. The quantitative estimate of drug-likeness (QED) is 0.0394. The van der Waals surface area contributed by atoms with Crippen molar-refractivity contribution in [1.29, 1.82) is 0 Å². The third kappa shape index (κ3) is 47.8. The van der Waals surface area contributed by atoms with E-state index in [2.05, 4.69) is 16.0 Å². The molecular weight excluding hydrogens is 817 g/mol. The zero-order valence-corrected chi connectivity index (χ0v) is 39.2. The largest absolute Gasteiger partial charge is 0.481 e. The van der Waals surface area contributed by atoms with Gasteiger partial charge in [-0.2, -0.15) is 0 Å². The summed E-state index contributed by atoms with van der Waals surface area (Å²) in [6, 6.07) is -1.06. The van der Waals surface area contributed by atoms with Gasteiger partial charge < -0.3 is 55.6 Å². The molecule has 0 saturated heterocycles. The van der Waals surface area contributed by atoms with Crippen LogP contribution in [-0.2, 0) is 52.5 Å². The molecule has 2 atom stereocenters. The van der Waals surface area contributed by atoms with Crippen molar-refractivity contribution in [2.24, 2.45) is 5.73 Å². The number of nitrogens with two attached hydrogens (primary N) is 1. The zero-order chi connectivity index (χ0) is 47.2. The molecule has 0 fully saturated rings. The average molecular weight is 903 g/mol. The molecular formula is C46H86N4O13. The third-order valence-corrected chi connectivity index (χ3v) is 10.0. The van der Waals surface area contributed by atoms with Crippen LogP contribution in [0, 0.1) is 0 Å². The standard InChI is InChI=1S/C23H43N3O8.C23H43NO5/c1-19(27)7-6-11-31-13-16-34-18-22(29)26-10-12-32-14-15-33-17-20(28)8-4-3-5-9-21(25-2)23(24)30;1-2-17-20(23(28)29)24-21(25)18-15-13-11-9-7-5-3-4-6-8-10-12-14-16-19-22(26)27/h21,25H,3-18H2,1-2H3,(H2,24,30)(H,26,29);20H,2-19H2,1H3,(H,24,25)(H,26,27)(H,28,29)/t21-;20-/m00/s1. The minimum absolute atomic E-state index is 0.0359. The number of unbranched alkanes of at least 4 members (excludes halogenated alkanes) is 15. The summed E-state index contributed by atoms with van der Waals surface area (Å²) < 4.78 is 21.1. The number of amides is 3. The number of hydrogen-bond acceptors (Lipinski definition) is 12. The van der Waals surface area contributed by atoms with Crippen LogP contribution in [0.1, 0.15) is 174 Å². The summed E-state index contributed by atoms with van der Waals surface area (Å²) in [5.74, 6) is -2.20. The molecule has 0 radical (unpaired) electrons. The fourth-order valence-corrected chi connectivity index (χ4v) is 6.37. The molecule has 0 rings (SSSR count). The maximum absolute atomic E-state index is 11.8. The van der Waals surface area contributed by atoms with Crippen molar-refractivity contribution in [3.63, 3.8) is 0 Å². The molecule has 0 spiro atoms. The number of carboxylic acids is 2. The molecule has 17 heteroatoms. The Morgan fingerprint density at radius 1 is 0.524 bits per heavy atom. The van der Waals surface area contributed by atoms with Crippen LogP contribution in [0.3, 0.4) is 0 Å². The van der Waals surface area contributed by atoms with E-state index in [1.54, 1.807) is 14.0 Å². The second-order valence-electron chi connectivity index (χ2n) is 16.0. The van der Waals surface area contributed by atoms with Gasteiger partial charge in [-0.3, -0.25) is 24.0 Å². The van der Waals surface area contributed by atoms with E-state index < -0.39 is 18.0 Å². The van der Waals surface area contributed by atoms with E-state index in [0.29, 0.717) is 91.1 Å². The van der Waals surface area contributed by atoms with Crippen LogP contribution in [0.4, 0.5) is 0 Å². The normalized spacial score (nSPS) is 11.9. The van der Waals surface area contributed by atoms with Gasteiger partial charge in [0.1, 0.15) is 25.0 Å². The van der Waals surface area contributed by atoms with E-state index in [9.17, 15) is 33.6 Å². The zero-order valence-electron chi connectivity index (χ0n) is 39.2. The van der Waals surface area contributed by atoms with Gasteiger partial charge in [-0.05, 0) is 52.5 Å². The number of nitrogens with one attached hydrogen (secondary N) is 3. The van der Waals surface area contributed by atoms with E-state index in [-0.39, 0.29) is 48.5 Å². The van der Waals surface area contributed by atoms with Gasteiger partial charge >= 0.3 is 11.9 Å². The number of ketones is 2. The van der Waals surface area contributed by atoms with E-state index in [1.807, 2.05) is 6.92 Å². The van der Waals surface area contributed by atoms with Crippen LogP contribution in [0.25, 0.3) is 0 Å². The van der Waals surface area contributed by atoms with Crippen molar-refractivity contribution in [3.8, 4) is 0 Å². The van der Waals surface area contributed by atoms with Crippen LogP contribution < -0.4 is 21.7 Å². The number of ether oxygens (including phenoxy) is 4. The molecule has 0 saturated carbocycles. The number of carbonyl (C=O) groups excluding carboxylic acids is 5. The Hall–Kier alpha value is -3.51. The van der Waals surface area contributed by atoms with Crippen molar-refractivity contribution in [2.45, 2.75) is 186 Å². The van der Waals surface area contributed by atoms with Crippen LogP contribution >= 0.6 is 0 Å². The summed E-state index contributed by atoms with van der Waals surface area (Å²) in [4.78, 5) is 78.5. The predicted molar refractivity (Wildman–Crippen MR) is 242 cm³/mol. The predicted octanol–water partition coefficient (Wildman–Crippen LogP) is 5.81. The highest BCUT2D eigenvalue weighted by molar-refractivity contribution is 5.83. The lowest BCUT2D eigenvalue weighted by atomic mass is 10.0. The van der Waals surface area contributed by atoms with E-state index >= 15 is 0 Å². The van der Waals surface area contributed by atoms with Crippen molar-refractivity contribution in [2.75, 3.05) is 66.4 Å². The van der Waals surface area contributed by atoms with Gasteiger partial charge in [0, 0.05) is 38.8 Å². The van der Waals surface area contributed by atoms with E-state index in [1.165, 1.54) is 51.4 Å². The molecule has 0 aromatic heterocycles. The molecule has 0 heterocycles. The fraction of sp³-hybridized carbons (Fsp3) is 0.848. The molecule has 0 bridgehead atoms. The smallest absolute Gasteiger partial charge is 0.326 e. The highest BCUT2D eigenvalue weighted by atomic mass is 16.5. The monoisotopic (exact) mass is 903 g/mol. The minimum Gasteiger partial charge on any atom is -0.481 e. The molecule has 0 unspecified atom stereocenters. The van der Waals surface area contributed by atoms with Gasteiger partial charge in [-0.25, -0.2) is 4.79 Å². The molecule has 0 aliphatic heterocycles. The lowest BCUT2D eigenvalue weighted by Crippen LogP contribution is -2.40. The Labute approximate surface area is 377 Å². The first-order valence-corrected chi connectivity index (χ1v) is 23.6. The first-order valence-electron chi connectivity index (χ1n) is 23.6. The van der Waals surface area contributed by atoms with Gasteiger partial charge in [0.2, 0.25) is 17.7 Å². The van der Waals surface area contributed by atoms with Gasteiger partial charge in [-0.15, -0.1) is 0 Å². The lowest BCUT2D eigenvalue weighted by molar-refractivity contribution is -0.142. The molecule has 368 valence electrons. The Kier molecular flexibility index (Phi) is 45.4. The number of carboxylic acid groups (broad SMARTS) is 2. The summed E-state index contributed by atoms with van der Waals surface area (Å²) in [6.45, 7) is 5.98. The molecule has 0 aliphatic carbocycles. The summed E-state index contributed by atoms with van der Waals surface area (Å²) in [5, 5.41) is 25.8. The Morgan fingerprint density at radius 2 is 1.02 bits per heavy atom. The molecule has 0 aromatic carbocycles. The molecule has 17 nitrogen and oxygen atoms in total. The van der Waals surface area contributed by atoms with Gasteiger partial charge in [0.05, 0.1) is 39.1 Å². The molecule has 63 heavy (non-hydrogen) atoms. The van der Waals surface area contributed by atoms with Gasteiger partial charge in [-0.1, -0.05) is 103 Å². The van der Waals surface area contributed by atoms with E-state index in [0.717, 1.165) is 64.2 Å². The third-order valence-electron chi connectivity index (χ3n) is 10.0. The second kappa shape index (κ2) is 46.5. The topological polar surface area (TPSA) is 259 Å². The highest BCUT2D eigenvalue weighted by Crippen LogP contribution is 2.14. The SMILES string of the molecule is CCC[C@H](NC(=O)CCCCCCCCCCCCCCCCC(=O)O)C(=O)O.CN[C@@H](CCCCCC(=O)COCCOCCNC(=O)COCCOCCCC(C)=O)C(N)=O. The molecule has 0 aliphatic rings. The fourth-order valence-electron chi connectivity index (χ4n) is 6.37. The molecule has 0 aromatic rings. The van der Waals surface area contributed by atoms with E-state index in [4.69, 9.17) is 34.9 Å². The number of aliphatic carboxylic acids is 2. The number of hydrogen-bond donors (Lipinski definition) is 6. The summed E-state index contributed by atoms with van der Waals surface area (Å²) in [7, 11) is 1.70. The molecule has 7 N–H and O–H groups in total. The summed E-state index contributed by atoms with van der Waals surface area (Å²) in [5.41, 5.74) is 5.26. The van der Waals surface area contributed by atoms with Crippen LogP contribution in [-0.4, -0.2) is 130 Å². The first kappa shape index (κ1) is 61.6. The number of carbonyl (C=O) groups is 7. The average Bonchev–Trinajstić information content (AvgIpc) is 3.23. The van der Waals surface area contributed by atoms with Crippen molar-refractivity contribution in [3.05, 3.63) is 0 Å². The van der Waals surface area contributed by atoms with Crippen LogP contribution in [0.2, 0.25) is 0 Å². The lowest BCUT2D eigenvalue weighted by Gasteiger charge is -2.13. The summed E-state index contributed by atoms with van der Waals surface area (Å²) in [6.07, 6.45) is 22.8. The van der Waals surface area contributed by atoms with Crippen molar-refractivity contribution >= 4 is 41.2 Å². The number of likely N-dealkylation sites (N-methyl/N-ethyl adjacent to an activating group) is 1. The van der Waals surface area contributed by atoms with Gasteiger partial charge in [0.25, 0.3) is 0 Å².